The van der Waals surface area contributed by atoms with Crippen LogP contribution in [0.25, 0.3) is 0 Å². The molecule has 0 atom stereocenters. The van der Waals surface area contributed by atoms with E-state index in [4.69, 9.17) is 10.2 Å². The number of nitrogens with two attached hydrogens (primary N) is 1. The van der Waals surface area contributed by atoms with E-state index in [1.807, 2.05) is 24.3 Å². The topological polar surface area (TPSA) is 68.2 Å². The highest BCUT2D eigenvalue weighted by Crippen LogP contribution is 2.19. The monoisotopic (exact) mass is 244 g/mol. The van der Waals surface area contributed by atoms with E-state index < -0.39 is 0 Å². The van der Waals surface area contributed by atoms with Crippen molar-refractivity contribution in [3.8, 4) is 0 Å². The van der Waals surface area contributed by atoms with Crippen molar-refractivity contribution < 1.29 is 4.42 Å². The first kappa shape index (κ1) is 11.1. The molecule has 1 aromatic carbocycles. The Bertz CT molecular complexity index is 514. The Morgan fingerprint density at radius 2 is 1.83 bits per heavy atom. The fourth-order valence-electron chi connectivity index (χ4n) is 2.16. The van der Waals surface area contributed by atoms with Crippen molar-refractivity contribution in [1.82, 2.24) is 10.2 Å². The lowest BCUT2D eigenvalue weighted by Gasteiger charge is -2.09. The summed E-state index contributed by atoms with van der Waals surface area (Å²) in [6.45, 7) is 2.03. The van der Waals surface area contributed by atoms with E-state index >= 15 is 0 Å². The number of hydrogen-bond donors (Lipinski definition) is 1. The summed E-state index contributed by atoms with van der Waals surface area (Å²) >= 11 is 0. The molecule has 94 valence electrons. The molecule has 1 aliphatic heterocycles. The van der Waals surface area contributed by atoms with E-state index in [0.29, 0.717) is 18.3 Å². The van der Waals surface area contributed by atoms with Crippen molar-refractivity contribution in [2.45, 2.75) is 19.3 Å². The molecule has 1 saturated heterocycles. The van der Waals surface area contributed by atoms with Crippen LogP contribution in [0.2, 0.25) is 0 Å². The molecule has 5 nitrogen and oxygen atoms in total. The van der Waals surface area contributed by atoms with Crippen molar-refractivity contribution in [2.24, 2.45) is 0 Å². The molecule has 18 heavy (non-hydrogen) atoms. The van der Waals surface area contributed by atoms with E-state index in [2.05, 4.69) is 15.1 Å². The first-order chi connectivity index (χ1) is 8.81. The number of anilines is 2. The molecular formula is C13H16N4O. The molecule has 1 fully saturated rings. The third-order valence-corrected chi connectivity index (χ3v) is 3.17. The van der Waals surface area contributed by atoms with Crippen LogP contribution < -0.4 is 10.6 Å². The number of nitrogen functional groups attached to an aromatic ring is 1. The molecular weight excluding hydrogens is 228 g/mol. The fourth-order valence-corrected chi connectivity index (χ4v) is 2.16. The summed E-state index contributed by atoms with van der Waals surface area (Å²) in [6.07, 6.45) is 3.06. The Hall–Kier alpha value is -2.04. The minimum Gasteiger partial charge on any atom is -0.408 e. The Morgan fingerprint density at radius 1 is 1.11 bits per heavy atom. The van der Waals surface area contributed by atoms with Gasteiger partial charge in [-0.15, -0.1) is 5.10 Å². The van der Waals surface area contributed by atoms with Crippen LogP contribution >= 0.6 is 0 Å². The number of rotatable bonds is 3. The molecule has 0 aliphatic carbocycles. The standard InChI is InChI=1S/C13H16N4O/c14-11-5-3-10(4-6-11)9-12-15-16-13(18-12)17-7-1-2-8-17/h3-6H,1-2,7-9,14H2. The van der Waals surface area contributed by atoms with Gasteiger partial charge in [-0.3, -0.25) is 0 Å². The molecule has 5 heteroatoms. The molecule has 0 amide bonds. The summed E-state index contributed by atoms with van der Waals surface area (Å²) in [4.78, 5) is 2.14. The maximum atomic E-state index is 5.67. The zero-order chi connectivity index (χ0) is 12.4. The van der Waals surface area contributed by atoms with Crippen molar-refractivity contribution in [3.05, 3.63) is 35.7 Å². The highest BCUT2D eigenvalue weighted by molar-refractivity contribution is 5.39. The number of hydrogen-bond acceptors (Lipinski definition) is 5. The molecule has 1 aliphatic rings. The quantitative estimate of drug-likeness (QED) is 0.834. The highest BCUT2D eigenvalue weighted by Gasteiger charge is 2.18. The summed E-state index contributed by atoms with van der Waals surface area (Å²) in [6, 6.07) is 8.38. The Morgan fingerprint density at radius 3 is 2.56 bits per heavy atom. The van der Waals surface area contributed by atoms with Gasteiger partial charge >= 0.3 is 6.01 Å². The van der Waals surface area contributed by atoms with E-state index in [0.717, 1.165) is 24.3 Å². The van der Waals surface area contributed by atoms with Crippen molar-refractivity contribution >= 4 is 11.7 Å². The normalized spacial score (nSPS) is 15.2. The van der Waals surface area contributed by atoms with Gasteiger partial charge in [0.25, 0.3) is 0 Å². The van der Waals surface area contributed by atoms with E-state index in [1.54, 1.807) is 0 Å². The van der Waals surface area contributed by atoms with Crippen molar-refractivity contribution in [3.63, 3.8) is 0 Å². The van der Waals surface area contributed by atoms with Crippen LogP contribution in [0.4, 0.5) is 11.7 Å². The summed E-state index contributed by atoms with van der Waals surface area (Å²) in [5, 5.41) is 8.19. The molecule has 3 rings (SSSR count). The van der Waals surface area contributed by atoms with Gasteiger partial charge in [-0.25, -0.2) is 0 Å². The van der Waals surface area contributed by atoms with Crippen LogP contribution in [0.1, 0.15) is 24.3 Å². The molecule has 0 spiro atoms. The van der Waals surface area contributed by atoms with Crippen molar-refractivity contribution in [1.29, 1.82) is 0 Å². The first-order valence-corrected chi connectivity index (χ1v) is 6.23. The second-order valence-corrected chi connectivity index (χ2v) is 4.59. The van der Waals surface area contributed by atoms with E-state index in [-0.39, 0.29) is 0 Å². The van der Waals surface area contributed by atoms with Crippen LogP contribution in [0.3, 0.4) is 0 Å². The lowest BCUT2D eigenvalue weighted by Crippen LogP contribution is -2.17. The predicted molar refractivity (Wildman–Crippen MR) is 69.4 cm³/mol. The summed E-state index contributed by atoms with van der Waals surface area (Å²) in [5.41, 5.74) is 7.54. The minimum absolute atomic E-state index is 0.651. The lowest BCUT2D eigenvalue weighted by molar-refractivity contribution is 0.500. The largest absolute Gasteiger partial charge is 0.408 e. The maximum absolute atomic E-state index is 5.67. The van der Waals surface area contributed by atoms with Gasteiger partial charge in [0.15, 0.2) is 0 Å². The van der Waals surface area contributed by atoms with E-state index in [1.165, 1.54) is 12.8 Å². The van der Waals surface area contributed by atoms with Gasteiger partial charge in [0.05, 0.1) is 6.42 Å². The Kier molecular flexibility index (Phi) is 2.88. The zero-order valence-electron chi connectivity index (χ0n) is 10.2. The van der Waals surface area contributed by atoms with Gasteiger partial charge in [-0.05, 0) is 30.5 Å². The van der Waals surface area contributed by atoms with Crippen molar-refractivity contribution in [2.75, 3.05) is 23.7 Å². The van der Waals surface area contributed by atoms with Crippen LogP contribution in [-0.4, -0.2) is 23.3 Å². The maximum Gasteiger partial charge on any atom is 0.318 e. The van der Waals surface area contributed by atoms with Gasteiger partial charge in [0.2, 0.25) is 5.89 Å². The summed E-state index contributed by atoms with van der Waals surface area (Å²) < 4.78 is 5.67. The molecule has 2 N–H and O–H groups in total. The number of nitrogens with zero attached hydrogens (tertiary/aromatic N) is 3. The fraction of sp³-hybridized carbons (Fsp3) is 0.385. The third kappa shape index (κ3) is 2.30. The summed E-state index contributed by atoms with van der Waals surface area (Å²) in [5.74, 6) is 0.654. The average molecular weight is 244 g/mol. The van der Waals surface area contributed by atoms with Gasteiger partial charge < -0.3 is 15.1 Å². The molecule has 2 aromatic rings. The molecule has 0 bridgehead atoms. The van der Waals surface area contributed by atoms with Crippen LogP contribution in [0.15, 0.2) is 28.7 Å². The predicted octanol–water partition coefficient (Wildman–Crippen LogP) is 1.84. The first-order valence-electron chi connectivity index (χ1n) is 6.23. The average Bonchev–Trinajstić information content (AvgIpc) is 3.02. The minimum atomic E-state index is 0.651. The van der Waals surface area contributed by atoms with Gasteiger partial charge in [0.1, 0.15) is 0 Å². The van der Waals surface area contributed by atoms with Gasteiger partial charge in [0, 0.05) is 18.8 Å². The Labute approximate surface area is 106 Å². The van der Waals surface area contributed by atoms with Crippen LogP contribution in [-0.2, 0) is 6.42 Å². The van der Waals surface area contributed by atoms with E-state index in [9.17, 15) is 0 Å². The molecule has 0 saturated carbocycles. The summed E-state index contributed by atoms with van der Waals surface area (Å²) in [7, 11) is 0. The zero-order valence-corrected chi connectivity index (χ0v) is 10.2. The number of aromatic nitrogens is 2. The smallest absolute Gasteiger partial charge is 0.318 e. The third-order valence-electron chi connectivity index (χ3n) is 3.17. The van der Waals surface area contributed by atoms with Crippen LogP contribution in [0, 0.1) is 0 Å². The number of benzene rings is 1. The molecule has 1 aromatic heterocycles. The molecule has 0 unspecified atom stereocenters. The second kappa shape index (κ2) is 4.68. The van der Waals surface area contributed by atoms with Crippen LogP contribution in [0.5, 0.6) is 0 Å². The lowest BCUT2D eigenvalue weighted by atomic mass is 10.1. The molecule has 2 heterocycles. The Balaban J connectivity index is 1.71. The molecule has 0 radical (unpaired) electrons. The van der Waals surface area contributed by atoms with Gasteiger partial charge in [-0.1, -0.05) is 17.2 Å². The van der Waals surface area contributed by atoms with Gasteiger partial charge in [-0.2, -0.15) is 0 Å². The SMILES string of the molecule is Nc1ccc(Cc2nnc(N3CCCC3)o2)cc1. The highest BCUT2D eigenvalue weighted by atomic mass is 16.4. The second-order valence-electron chi connectivity index (χ2n) is 4.59.